The number of non-ortho nitro benzene ring substituents is 1. The second kappa shape index (κ2) is 6.78. The van der Waals surface area contributed by atoms with Gasteiger partial charge in [-0.25, -0.2) is 4.39 Å². The Morgan fingerprint density at radius 3 is 2.38 bits per heavy atom. The van der Waals surface area contributed by atoms with Gasteiger partial charge in [-0.05, 0) is 62.1 Å². The monoisotopic (exact) mass is 331 g/mol. The predicted molar refractivity (Wildman–Crippen MR) is 88.3 cm³/mol. The number of benzene rings is 2. The molecule has 6 heteroatoms. The third kappa shape index (κ3) is 3.42. The maximum Gasteiger partial charge on any atom is 0.272 e. The molecule has 24 heavy (non-hydrogen) atoms. The quantitative estimate of drug-likeness (QED) is 0.467. The molecular weight excluding hydrogens is 313 g/mol. The molecule has 0 radical (unpaired) electrons. The van der Waals surface area contributed by atoms with E-state index in [-0.39, 0.29) is 23.8 Å². The number of aryl methyl sites for hydroxylation is 1. The van der Waals surface area contributed by atoms with E-state index in [4.69, 9.17) is 4.74 Å². The molecule has 0 amide bonds. The molecule has 5 nitrogen and oxygen atoms in total. The Hall–Kier alpha value is -2.76. The average Bonchev–Trinajstić information content (AvgIpc) is 2.54. The summed E-state index contributed by atoms with van der Waals surface area (Å²) in [6.07, 6.45) is 0. The highest BCUT2D eigenvalue weighted by Crippen LogP contribution is 2.24. The first-order chi connectivity index (χ1) is 11.2. The van der Waals surface area contributed by atoms with Gasteiger partial charge in [-0.1, -0.05) is 0 Å². The average molecular weight is 331 g/mol. The van der Waals surface area contributed by atoms with Crippen molar-refractivity contribution in [3.63, 3.8) is 0 Å². The molecule has 126 valence electrons. The van der Waals surface area contributed by atoms with Gasteiger partial charge in [0.2, 0.25) is 0 Å². The minimum atomic E-state index is -0.870. The summed E-state index contributed by atoms with van der Waals surface area (Å²) in [6.45, 7) is 7.40. The van der Waals surface area contributed by atoms with Crippen LogP contribution in [0.4, 0.5) is 10.1 Å². The van der Waals surface area contributed by atoms with Crippen molar-refractivity contribution in [2.24, 2.45) is 0 Å². The smallest absolute Gasteiger partial charge is 0.272 e. The summed E-state index contributed by atoms with van der Waals surface area (Å²) in [5, 5.41) is 10.6. The standard InChI is InChI=1S/C18H18FNO4/c1-10-7-15(13(4)12(3)11(10)2)17(21)9-24-18-6-5-14(20(22)23)8-16(18)19/h5-8H,9H2,1-4H3. The Labute approximate surface area is 139 Å². The molecule has 0 spiro atoms. The number of Topliss-reactive ketones (excluding diaryl/α,β-unsaturated/α-hetero) is 1. The van der Waals surface area contributed by atoms with Crippen LogP contribution in [0.1, 0.15) is 32.6 Å². The Morgan fingerprint density at radius 2 is 1.79 bits per heavy atom. The van der Waals surface area contributed by atoms with Crippen LogP contribution in [0.15, 0.2) is 24.3 Å². The Morgan fingerprint density at radius 1 is 1.12 bits per heavy atom. The molecule has 0 saturated heterocycles. The van der Waals surface area contributed by atoms with Crippen molar-refractivity contribution in [3.8, 4) is 5.75 Å². The van der Waals surface area contributed by atoms with Gasteiger partial charge in [0.05, 0.1) is 11.0 Å². The summed E-state index contributed by atoms with van der Waals surface area (Å²) < 4.78 is 19.0. The lowest BCUT2D eigenvalue weighted by atomic mass is 9.93. The van der Waals surface area contributed by atoms with E-state index in [1.54, 1.807) is 6.07 Å². The van der Waals surface area contributed by atoms with Crippen LogP contribution < -0.4 is 4.74 Å². The maximum atomic E-state index is 13.8. The first-order valence-corrected chi connectivity index (χ1v) is 7.39. The number of nitrogens with zero attached hydrogens (tertiary/aromatic N) is 1. The van der Waals surface area contributed by atoms with Crippen LogP contribution in [-0.2, 0) is 0 Å². The number of nitro groups is 1. The maximum absolute atomic E-state index is 13.8. The largest absolute Gasteiger partial charge is 0.482 e. The molecule has 0 atom stereocenters. The van der Waals surface area contributed by atoms with Gasteiger partial charge in [-0.3, -0.25) is 14.9 Å². The SMILES string of the molecule is Cc1cc(C(=O)COc2ccc([N+](=O)[O-])cc2F)c(C)c(C)c1C. The number of nitro benzene ring substituents is 1. The second-order valence-corrected chi connectivity index (χ2v) is 5.70. The molecular formula is C18H18FNO4. The van der Waals surface area contributed by atoms with Gasteiger partial charge in [-0.15, -0.1) is 0 Å². The van der Waals surface area contributed by atoms with Gasteiger partial charge in [0, 0.05) is 11.6 Å². The first kappa shape index (κ1) is 17.6. The lowest BCUT2D eigenvalue weighted by molar-refractivity contribution is -0.385. The molecule has 0 heterocycles. The number of carbonyl (C=O) groups excluding carboxylic acids is 1. The van der Waals surface area contributed by atoms with Crippen LogP contribution in [0, 0.1) is 43.6 Å². The lowest BCUT2D eigenvalue weighted by Gasteiger charge is -2.14. The van der Waals surface area contributed by atoms with Gasteiger partial charge < -0.3 is 4.74 Å². The van der Waals surface area contributed by atoms with E-state index in [1.807, 2.05) is 27.7 Å². The Balaban J connectivity index is 2.19. The molecule has 0 N–H and O–H groups in total. The molecule has 0 fully saturated rings. The molecule has 0 bridgehead atoms. The highest BCUT2D eigenvalue weighted by atomic mass is 19.1. The molecule has 0 aliphatic carbocycles. The summed E-state index contributed by atoms with van der Waals surface area (Å²) in [5.74, 6) is -1.33. The van der Waals surface area contributed by atoms with Crippen LogP contribution in [-0.4, -0.2) is 17.3 Å². The topological polar surface area (TPSA) is 69.4 Å². The Bertz CT molecular complexity index is 830. The number of halogens is 1. The van der Waals surface area contributed by atoms with Crippen LogP contribution in [0.2, 0.25) is 0 Å². The minimum absolute atomic E-state index is 0.188. The van der Waals surface area contributed by atoms with Crippen molar-refractivity contribution in [1.82, 2.24) is 0 Å². The minimum Gasteiger partial charge on any atom is -0.482 e. The van der Waals surface area contributed by atoms with Gasteiger partial charge in [0.25, 0.3) is 5.69 Å². The van der Waals surface area contributed by atoms with Crippen LogP contribution in [0.5, 0.6) is 5.75 Å². The van der Waals surface area contributed by atoms with Gasteiger partial charge in [-0.2, -0.15) is 0 Å². The number of ketones is 1. The van der Waals surface area contributed by atoms with Crippen LogP contribution in [0.3, 0.4) is 0 Å². The zero-order valence-electron chi connectivity index (χ0n) is 14.0. The summed E-state index contributed by atoms with van der Waals surface area (Å²) in [7, 11) is 0. The highest BCUT2D eigenvalue weighted by Gasteiger charge is 2.16. The summed E-state index contributed by atoms with van der Waals surface area (Å²) in [4.78, 5) is 22.3. The van der Waals surface area contributed by atoms with Crippen molar-refractivity contribution >= 4 is 11.5 Å². The fraction of sp³-hybridized carbons (Fsp3) is 0.278. The summed E-state index contributed by atoms with van der Waals surface area (Å²) in [6, 6.07) is 4.86. The van der Waals surface area contributed by atoms with Crippen molar-refractivity contribution < 1.29 is 18.8 Å². The van der Waals surface area contributed by atoms with Gasteiger partial charge >= 0.3 is 0 Å². The lowest BCUT2D eigenvalue weighted by Crippen LogP contribution is -2.15. The van der Waals surface area contributed by atoms with Gasteiger partial charge in [0.15, 0.2) is 24.0 Å². The molecule has 0 aromatic heterocycles. The summed E-state index contributed by atoms with van der Waals surface area (Å²) in [5.41, 5.74) is 4.22. The number of ether oxygens (including phenoxy) is 1. The fourth-order valence-electron chi connectivity index (χ4n) is 2.44. The third-order valence-electron chi connectivity index (χ3n) is 4.27. The van der Waals surface area contributed by atoms with E-state index in [2.05, 4.69) is 0 Å². The van der Waals surface area contributed by atoms with Crippen molar-refractivity contribution in [2.45, 2.75) is 27.7 Å². The van der Waals surface area contributed by atoms with Gasteiger partial charge in [0.1, 0.15) is 0 Å². The fourth-order valence-corrected chi connectivity index (χ4v) is 2.44. The first-order valence-electron chi connectivity index (χ1n) is 7.39. The second-order valence-electron chi connectivity index (χ2n) is 5.70. The third-order valence-corrected chi connectivity index (χ3v) is 4.27. The van der Waals surface area contributed by atoms with E-state index in [9.17, 15) is 19.3 Å². The van der Waals surface area contributed by atoms with E-state index in [1.165, 1.54) is 0 Å². The molecule has 2 rings (SSSR count). The summed E-state index contributed by atoms with van der Waals surface area (Å²) >= 11 is 0. The van der Waals surface area contributed by atoms with E-state index < -0.39 is 10.7 Å². The van der Waals surface area contributed by atoms with Crippen molar-refractivity contribution in [3.05, 3.63) is 68.0 Å². The normalized spacial score (nSPS) is 10.5. The molecule has 0 aliphatic heterocycles. The number of hydrogen-bond donors (Lipinski definition) is 0. The molecule has 0 saturated carbocycles. The number of rotatable bonds is 5. The molecule has 0 aliphatic rings. The predicted octanol–water partition coefficient (Wildman–Crippen LogP) is 4.23. The number of carbonyl (C=O) groups is 1. The molecule has 0 unspecified atom stereocenters. The van der Waals surface area contributed by atoms with E-state index in [0.29, 0.717) is 5.56 Å². The zero-order valence-corrected chi connectivity index (χ0v) is 14.0. The van der Waals surface area contributed by atoms with Crippen LogP contribution in [0.25, 0.3) is 0 Å². The van der Waals surface area contributed by atoms with E-state index >= 15 is 0 Å². The van der Waals surface area contributed by atoms with E-state index in [0.717, 1.165) is 40.5 Å². The van der Waals surface area contributed by atoms with Crippen molar-refractivity contribution in [2.75, 3.05) is 6.61 Å². The van der Waals surface area contributed by atoms with Crippen molar-refractivity contribution in [1.29, 1.82) is 0 Å². The zero-order chi connectivity index (χ0) is 18.0. The number of hydrogen-bond acceptors (Lipinski definition) is 4. The Kier molecular flexibility index (Phi) is 4.97. The highest BCUT2D eigenvalue weighted by molar-refractivity contribution is 5.99. The molecule has 2 aromatic carbocycles. The molecule has 2 aromatic rings. The van der Waals surface area contributed by atoms with Crippen LogP contribution >= 0.6 is 0 Å².